The van der Waals surface area contributed by atoms with Gasteiger partial charge in [-0.05, 0) is 57.2 Å². The first kappa shape index (κ1) is 23.0. The van der Waals surface area contributed by atoms with E-state index in [1.54, 1.807) is 9.42 Å². The fourth-order valence-electron chi connectivity index (χ4n) is 4.57. The van der Waals surface area contributed by atoms with Crippen molar-refractivity contribution in [3.63, 3.8) is 0 Å². The molecule has 0 spiro atoms. The predicted octanol–water partition coefficient (Wildman–Crippen LogP) is 4.45. The van der Waals surface area contributed by atoms with Crippen LogP contribution >= 0.6 is 11.6 Å². The Morgan fingerprint density at radius 1 is 1.18 bits per heavy atom. The summed E-state index contributed by atoms with van der Waals surface area (Å²) in [5, 5.41) is 4.48. The van der Waals surface area contributed by atoms with Gasteiger partial charge in [0.05, 0.1) is 34.3 Å². The van der Waals surface area contributed by atoms with E-state index in [4.69, 9.17) is 21.7 Å². The fraction of sp³-hybridized carbons (Fsp3) is 0.435. The molecule has 0 bridgehead atoms. The summed E-state index contributed by atoms with van der Waals surface area (Å²) in [5.41, 5.74) is 2.97. The number of rotatable bonds is 5. The molecule has 0 unspecified atom stereocenters. The molecule has 1 aliphatic heterocycles. The minimum absolute atomic E-state index is 0.0895. The highest BCUT2D eigenvalue weighted by Crippen LogP contribution is 2.40. The van der Waals surface area contributed by atoms with E-state index in [0.717, 1.165) is 49.0 Å². The molecule has 1 N–H and O–H groups in total. The van der Waals surface area contributed by atoms with Gasteiger partial charge in [-0.1, -0.05) is 11.6 Å². The second-order valence-corrected chi connectivity index (χ2v) is 11.3. The van der Waals surface area contributed by atoms with Gasteiger partial charge in [0, 0.05) is 29.9 Å². The SMILES string of the molecule is Cc1cc(C2CC2)nc2cc([C@@H]3CCCCN3C(=O)c3ccc(Cl)c(F)c3NS(C)(=O)=O)nn12. The average Bonchev–Trinajstić information content (AvgIpc) is 3.55. The minimum atomic E-state index is -3.84. The summed E-state index contributed by atoms with van der Waals surface area (Å²) >= 11 is 5.87. The Balaban J connectivity index is 1.53. The summed E-state index contributed by atoms with van der Waals surface area (Å²) in [6.45, 7) is 2.43. The molecular formula is C23H25ClFN5O3S. The molecule has 34 heavy (non-hydrogen) atoms. The molecular weight excluding hydrogens is 481 g/mol. The summed E-state index contributed by atoms with van der Waals surface area (Å²) in [7, 11) is -3.84. The number of piperidine rings is 1. The Hall–Kier alpha value is -2.72. The molecule has 1 aliphatic carbocycles. The minimum Gasteiger partial charge on any atom is -0.330 e. The number of hydrogen-bond acceptors (Lipinski definition) is 5. The molecule has 1 atom stereocenters. The number of aromatic nitrogens is 3. The molecule has 1 amide bonds. The van der Waals surface area contributed by atoms with Crippen molar-refractivity contribution in [2.24, 2.45) is 0 Å². The number of likely N-dealkylation sites (tertiary alicyclic amines) is 1. The average molecular weight is 506 g/mol. The van der Waals surface area contributed by atoms with Crippen LogP contribution in [0.3, 0.4) is 0 Å². The lowest BCUT2D eigenvalue weighted by Gasteiger charge is -2.35. The molecule has 180 valence electrons. The van der Waals surface area contributed by atoms with E-state index in [-0.39, 0.29) is 16.6 Å². The number of sulfonamides is 1. The van der Waals surface area contributed by atoms with Crippen molar-refractivity contribution in [1.29, 1.82) is 0 Å². The molecule has 3 heterocycles. The van der Waals surface area contributed by atoms with Gasteiger partial charge < -0.3 is 4.90 Å². The predicted molar refractivity (Wildman–Crippen MR) is 127 cm³/mol. The molecule has 3 aromatic rings. The van der Waals surface area contributed by atoms with E-state index in [1.807, 2.05) is 13.0 Å². The fourth-order valence-corrected chi connectivity index (χ4v) is 5.30. The van der Waals surface area contributed by atoms with Gasteiger partial charge in [0.2, 0.25) is 10.0 Å². The molecule has 0 radical (unpaired) electrons. The number of benzene rings is 1. The quantitative estimate of drug-likeness (QED) is 0.552. The van der Waals surface area contributed by atoms with Crippen LogP contribution in [0.5, 0.6) is 0 Å². The van der Waals surface area contributed by atoms with Crippen molar-refractivity contribution >= 4 is 38.9 Å². The Kier molecular flexibility index (Phi) is 5.76. The molecule has 2 aromatic heterocycles. The van der Waals surface area contributed by atoms with Gasteiger partial charge in [0.1, 0.15) is 0 Å². The highest BCUT2D eigenvalue weighted by molar-refractivity contribution is 7.92. The van der Waals surface area contributed by atoms with Gasteiger partial charge in [-0.15, -0.1) is 0 Å². The van der Waals surface area contributed by atoms with Crippen LogP contribution in [-0.4, -0.2) is 46.6 Å². The number of amides is 1. The maximum Gasteiger partial charge on any atom is 0.256 e. The van der Waals surface area contributed by atoms with Gasteiger partial charge in [-0.2, -0.15) is 5.10 Å². The van der Waals surface area contributed by atoms with Crippen LogP contribution in [0.4, 0.5) is 10.1 Å². The van der Waals surface area contributed by atoms with Gasteiger partial charge in [-0.25, -0.2) is 22.3 Å². The summed E-state index contributed by atoms with van der Waals surface area (Å²) < 4.78 is 42.4. The Bertz CT molecular complexity index is 1400. The standard InChI is InChI=1S/C23H25ClFN5O3S/c1-13-11-17(14-6-7-14)26-20-12-18(27-30(13)20)19-5-3-4-10-29(19)23(31)15-8-9-16(24)21(25)22(15)28-34(2,32)33/h8-9,11-12,14,19,28H,3-7,10H2,1-2H3/t19-/m0/s1. The smallest absolute Gasteiger partial charge is 0.256 e. The largest absolute Gasteiger partial charge is 0.330 e. The van der Waals surface area contributed by atoms with E-state index in [2.05, 4.69) is 10.8 Å². The van der Waals surface area contributed by atoms with E-state index in [9.17, 15) is 17.6 Å². The zero-order valence-corrected chi connectivity index (χ0v) is 20.5. The van der Waals surface area contributed by atoms with Crippen LogP contribution in [0.1, 0.15) is 71.5 Å². The summed E-state index contributed by atoms with van der Waals surface area (Å²) in [6, 6.07) is 6.24. The maximum absolute atomic E-state index is 14.8. The monoisotopic (exact) mass is 505 g/mol. The molecule has 2 aliphatic rings. The van der Waals surface area contributed by atoms with Crippen molar-refractivity contribution in [2.75, 3.05) is 17.5 Å². The van der Waals surface area contributed by atoms with Crippen LogP contribution in [0.2, 0.25) is 5.02 Å². The Labute approximate surface area is 202 Å². The highest BCUT2D eigenvalue weighted by Gasteiger charge is 2.33. The third kappa shape index (κ3) is 4.36. The molecule has 1 saturated heterocycles. The van der Waals surface area contributed by atoms with Crippen molar-refractivity contribution in [3.05, 3.63) is 57.8 Å². The lowest BCUT2D eigenvalue weighted by atomic mass is 9.98. The van der Waals surface area contributed by atoms with Gasteiger partial charge in [0.25, 0.3) is 5.91 Å². The van der Waals surface area contributed by atoms with Crippen molar-refractivity contribution < 1.29 is 17.6 Å². The zero-order valence-electron chi connectivity index (χ0n) is 18.9. The molecule has 8 nitrogen and oxygen atoms in total. The number of carbonyl (C=O) groups is 1. The third-order valence-corrected chi connectivity index (χ3v) is 7.22. The second-order valence-electron chi connectivity index (χ2n) is 9.10. The number of fused-ring (bicyclic) bond motifs is 1. The van der Waals surface area contributed by atoms with Gasteiger partial charge in [0.15, 0.2) is 11.5 Å². The van der Waals surface area contributed by atoms with Crippen LogP contribution in [0.25, 0.3) is 5.65 Å². The number of halogens is 2. The summed E-state index contributed by atoms with van der Waals surface area (Å²) in [4.78, 5) is 20.0. The number of carbonyl (C=O) groups excluding carboxylic acids is 1. The van der Waals surface area contributed by atoms with Crippen molar-refractivity contribution in [1.82, 2.24) is 19.5 Å². The van der Waals surface area contributed by atoms with E-state index in [0.29, 0.717) is 24.6 Å². The van der Waals surface area contributed by atoms with E-state index in [1.165, 1.54) is 12.1 Å². The first-order valence-corrected chi connectivity index (χ1v) is 13.5. The zero-order chi connectivity index (χ0) is 24.2. The van der Waals surface area contributed by atoms with Gasteiger partial charge in [-0.3, -0.25) is 9.52 Å². The molecule has 1 aromatic carbocycles. The topological polar surface area (TPSA) is 96.7 Å². The molecule has 11 heteroatoms. The number of hydrogen-bond donors (Lipinski definition) is 1. The summed E-state index contributed by atoms with van der Waals surface area (Å²) in [6.07, 6.45) is 5.57. The van der Waals surface area contributed by atoms with Crippen LogP contribution in [-0.2, 0) is 10.0 Å². The normalized spacial score (nSPS) is 18.9. The highest BCUT2D eigenvalue weighted by atomic mass is 35.5. The number of anilines is 1. The molecule has 1 saturated carbocycles. The maximum atomic E-state index is 14.8. The first-order valence-electron chi connectivity index (χ1n) is 11.3. The number of aryl methyl sites for hydroxylation is 1. The second kappa shape index (κ2) is 8.49. The summed E-state index contributed by atoms with van der Waals surface area (Å²) in [5.74, 6) is -0.950. The third-order valence-electron chi connectivity index (χ3n) is 6.36. The Morgan fingerprint density at radius 2 is 1.94 bits per heavy atom. The van der Waals surface area contributed by atoms with Crippen LogP contribution < -0.4 is 4.72 Å². The van der Waals surface area contributed by atoms with Crippen LogP contribution in [0, 0.1) is 12.7 Å². The van der Waals surface area contributed by atoms with Gasteiger partial charge >= 0.3 is 0 Å². The molecule has 2 fully saturated rings. The molecule has 5 rings (SSSR count). The first-order chi connectivity index (χ1) is 16.1. The number of nitrogens with zero attached hydrogens (tertiary/aromatic N) is 4. The number of nitrogens with one attached hydrogen (secondary N) is 1. The lowest BCUT2D eigenvalue weighted by Crippen LogP contribution is -2.39. The lowest BCUT2D eigenvalue weighted by molar-refractivity contribution is 0.0606. The van der Waals surface area contributed by atoms with Crippen molar-refractivity contribution in [2.45, 2.75) is 51.0 Å². The van der Waals surface area contributed by atoms with E-state index >= 15 is 0 Å². The van der Waals surface area contributed by atoms with E-state index < -0.39 is 27.4 Å². The van der Waals surface area contributed by atoms with Crippen molar-refractivity contribution in [3.8, 4) is 0 Å². The Morgan fingerprint density at radius 3 is 2.65 bits per heavy atom. The van der Waals surface area contributed by atoms with Crippen LogP contribution in [0.15, 0.2) is 24.3 Å².